The molecule has 0 bridgehead atoms. The van der Waals surface area contributed by atoms with Gasteiger partial charge in [0.25, 0.3) is 5.91 Å². The Balaban J connectivity index is 0.000000278. The molecule has 0 unspecified atom stereocenters. The molecule has 29 heavy (non-hydrogen) atoms. The number of carboxylic acids is 1. The highest BCUT2D eigenvalue weighted by Gasteiger charge is 2.10. The molecule has 0 aliphatic carbocycles. The van der Waals surface area contributed by atoms with Crippen molar-refractivity contribution in [1.82, 2.24) is 9.97 Å². The number of hydrogen-bond donors (Lipinski definition) is 2. The largest absolute Gasteiger partial charge is 0.478 e. The number of benzene rings is 1. The van der Waals surface area contributed by atoms with Gasteiger partial charge in [0.15, 0.2) is 0 Å². The lowest BCUT2D eigenvalue weighted by molar-refractivity contribution is 0.0525. The number of amides is 1. The van der Waals surface area contributed by atoms with E-state index >= 15 is 0 Å². The lowest BCUT2D eigenvalue weighted by Crippen LogP contribution is -2.13. The van der Waals surface area contributed by atoms with Crippen LogP contribution in [0.2, 0.25) is 0 Å². The second kappa shape index (κ2) is 10.9. The van der Waals surface area contributed by atoms with Gasteiger partial charge >= 0.3 is 11.9 Å². The summed E-state index contributed by atoms with van der Waals surface area (Å²) >= 11 is 0. The highest BCUT2D eigenvalue weighted by atomic mass is 16.5. The number of pyridine rings is 2. The summed E-state index contributed by atoms with van der Waals surface area (Å²) in [4.78, 5) is 41.2. The minimum absolute atomic E-state index is 0.220. The van der Waals surface area contributed by atoms with Crippen molar-refractivity contribution in [2.75, 3.05) is 11.9 Å². The third-order valence-electron chi connectivity index (χ3n) is 3.45. The van der Waals surface area contributed by atoms with Crippen LogP contribution in [-0.4, -0.2) is 39.5 Å². The maximum atomic E-state index is 12.0. The molecule has 0 aliphatic heterocycles. The Hall–Kier alpha value is -4.07. The molecule has 0 radical (unpaired) electrons. The van der Waals surface area contributed by atoms with E-state index in [-0.39, 0.29) is 11.5 Å². The molecule has 3 aromatic rings. The fraction of sp³-hybridized carbons (Fsp3) is 0.0952. The summed E-state index contributed by atoms with van der Waals surface area (Å²) in [5.41, 5.74) is 1.51. The minimum atomic E-state index is -0.942. The van der Waals surface area contributed by atoms with Crippen LogP contribution in [0, 0.1) is 0 Å². The van der Waals surface area contributed by atoms with E-state index in [2.05, 4.69) is 15.3 Å². The molecule has 148 valence electrons. The van der Waals surface area contributed by atoms with Crippen molar-refractivity contribution in [3.05, 3.63) is 90.0 Å². The molecule has 8 heteroatoms. The molecule has 2 N–H and O–H groups in total. The van der Waals surface area contributed by atoms with E-state index in [1.807, 2.05) is 6.07 Å². The SMILES string of the molecule is CCOC(=O)c1cncc(NC(=O)c2ccccc2)c1.O=C(O)c1cccnc1. The van der Waals surface area contributed by atoms with Crippen molar-refractivity contribution < 1.29 is 24.2 Å². The zero-order valence-corrected chi connectivity index (χ0v) is 15.6. The summed E-state index contributed by atoms with van der Waals surface area (Å²) in [5.74, 6) is -1.66. The quantitative estimate of drug-likeness (QED) is 0.639. The Morgan fingerprint density at radius 1 is 0.931 bits per heavy atom. The van der Waals surface area contributed by atoms with Gasteiger partial charge in [0.05, 0.1) is 29.6 Å². The van der Waals surface area contributed by atoms with Gasteiger partial charge in [-0.15, -0.1) is 0 Å². The Morgan fingerprint density at radius 2 is 1.62 bits per heavy atom. The van der Waals surface area contributed by atoms with E-state index in [4.69, 9.17) is 9.84 Å². The number of rotatable bonds is 5. The molecule has 1 amide bonds. The molecule has 0 spiro atoms. The van der Waals surface area contributed by atoms with Gasteiger partial charge in [-0.25, -0.2) is 9.59 Å². The van der Waals surface area contributed by atoms with Crippen molar-refractivity contribution in [1.29, 1.82) is 0 Å². The average Bonchev–Trinajstić information content (AvgIpc) is 2.76. The molecule has 2 heterocycles. The summed E-state index contributed by atoms with van der Waals surface area (Å²) < 4.78 is 4.88. The van der Waals surface area contributed by atoms with Crippen LogP contribution in [0.5, 0.6) is 0 Å². The highest BCUT2D eigenvalue weighted by molar-refractivity contribution is 6.04. The number of carbonyl (C=O) groups excluding carboxylic acids is 2. The normalized spacial score (nSPS) is 9.55. The van der Waals surface area contributed by atoms with Gasteiger partial charge in [0.1, 0.15) is 0 Å². The first kappa shape index (κ1) is 21.2. The standard InChI is InChI=1S/C15H14N2O3.C6H5NO2/c1-2-20-15(19)12-8-13(10-16-9-12)17-14(18)11-6-4-3-5-7-11;8-6(9)5-2-1-3-7-4-5/h3-10H,2H2,1H3,(H,17,18);1-4H,(H,8,9). The van der Waals surface area contributed by atoms with Crippen LogP contribution in [0.25, 0.3) is 0 Å². The molecule has 0 saturated carbocycles. The number of esters is 1. The zero-order chi connectivity index (χ0) is 21.1. The number of nitrogens with one attached hydrogen (secondary N) is 1. The molecular formula is C21H19N3O5. The first-order valence-electron chi connectivity index (χ1n) is 8.63. The van der Waals surface area contributed by atoms with Gasteiger partial charge in [-0.05, 0) is 37.3 Å². The van der Waals surface area contributed by atoms with Gasteiger partial charge in [0.2, 0.25) is 0 Å². The van der Waals surface area contributed by atoms with Crippen molar-refractivity contribution in [3.63, 3.8) is 0 Å². The Morgan fingerprint density at radius 3 is 2.21 bits per heavy atom. The number of nitrogens with zero attached hydrogens (tertiary/aromatic N) is 2. The fourth-order valence-corrected chi connectivity index (χ4v) is 2.12. The topological polar surface area (TPSA) is 118 Å². The first-order chi connectivity index (χ1) is 14.0. The number of anilines is 1. The molecule has 1 aromatic carbocycles. The Kier molecular flexibility index (Phi) is 8.00. The average molecular weight is 393 g/mol. The van der Waals surface area contributed by atoms with E-state index < -0.39 is 11.9 Å². The predicted octanol–water partition coefficient (Wildman–Crippen LogP) is 3.29. The molecular weight excluding hydrogens is 374 g/mol. The third-order valence-corrected chi connectivity index (χ3v) is 3.45. The van der Waals surface area contributed by atoms with Crippen molar-refractivity contribution in [2.45, 2.75) is 6.92 Å². The van der Waals surface area contributed by atoms with E-state index in [1.54, 1.807) is 37.3 Å². The lowest BCUT2D eigenvalue weighted by atomic mass is 10.2. The van der Waals surface area contributed by atoms with Gasteiger partial charge in [-0.1, -0.05) is 18.2 Å². The summed E-state index contributed by atoms with van der Waals surface area (Å²) in [6.07, 6.45) is 5.72. The van der Waals surface area contributed by atoms with Crippen LogP contribution in [0.3, 0.4) is 0 Å². The predicted molar refractivity (Wildman–Crippen MR) is 106 cm³/mol. The van der Waals surface area contributed by atoms with Crippen LogP contribution in [0.4, 0.5) is 5.69 Å². The van der Waals surface area contributed by atoms with Crippen LogP contribution in [0.15, 0.2) is 73.3 Å². The number of aromatic nitrogens is 2. The van der Waals surface area contributed by atoms with Gasteiger partial charge in [-0.3, -0.25) is 14.8 Å². The van der Waals surface area contributed by atoms with Gasteiger partial charge in [-0.2, -0.15) is 0 Å². The highest BCUT2D eigenvalue weighted by Crippen LogP contribution is 2.11. The minimum Gasteiger partial charge on any atom is -0.478 e. The molecule has 0 aliphatic rings. The Bertz CT molecular complexity index is 962. The monoisotopic (exact) mass is 393 g/mol. The molecule has 8 nitrogen and oxygen atoms in total. The van der Waals surface area contributed by atoms with Crippen LogP contribution in [-0.2, 0) is 4.74 Å². The maximum Gasteiger partial charge on any atom is 0.339 e. The van der Waals surface area contributed by atoms with E-state index in [1.165, 1.54) is 36.9 Å². The van der Waals surface area contributed by atoms with Crippen molar-refractivity contribution in [3.8, 4) is 0 Å². The summed E-state index contributed by atoms with van der Waals surface area (Å²) in [6.45, 7) is 2.02. The van der Waals surface area contributed by atoms with E-state index in [0.717, 1.165) is 0 Å². The fourth-order valence-electron chi connectivity index (χ4n) is 2.12. The number of aromatic carboxylic acids is 1. The molecule has 0 atom stereocenters. The smallest absolute Gasteiger partial charge is 0.339 e. The van der Waals surface area contributed by atoms with Crippen molar-refractivity contribution in [2.24, 2.45) is 0 Å². The molecule has 3 rings (SSSR count). The molecule has 0 saturated heterocycles. The van der Waals surface area contributed by atoms with Gasteiger partial charge in [0, 0.05) is 24.2 Å². The second-order valence-corrected chi connectivity index (χ2v) is 5.55. The summed E-state index contributed by atoms with van der Waals surface area (Å²) in [6, 6.07) is 13.4. The Labute approximate surface area is 167 Å². The number of carboxylic acid groups (broad SMARTS) is 1. The number of carbonyl (C=O) groups is 3. The molecule has 0 fully saturated rings. The first-order valence-corrected chi connectivity index (χ1v) is 8.63. The zero-order valence-electron chi connectivity index (χ0n) is 15.6. The third kappa shape index (κ3) is 6.87. The summed E-state index contributed by atoms with van der Waals surface area (Å²) in [5, 5.41) is 11.0. The van der Waals surface area contributed by atoms with Gasteiger partial charge < -0.3 is 15.2 Å². The van der Waals surface area contributed by atoms with Crippen LogP contribution < -0.4 is 5.32 Å². The number of hydrogen-bond acceptors (Lipinski definition) is 6. The van der Waals surface area contributed by atoms with E-state index in [9.17, 15) is 14.4 Å². The number of ether oxygens (including phenoxy) is 1. The van der Waals surface area contributed by atoms with Crippen molar-refractivity contribution >= 4 is 23.5 Å². The lowest BCUT2D eigenvalue weighted by Gasteiger charge is -2.06. The van der Waals surface area contributed by atoms with E-state index in [0.29, 0.717) is 23.4 Å². The molecule has 2 aromatic heterocycles. The van der Waals surface area contributed by atoms with Crippen LogP contribution >= 0.6 is 0 Å². The summed E-state index contributed by atoms with van der Waals surface area (Å²) in [7, 11) is 0. The van der Waals surface area contributed by atoms with Crippen LogP contribution in [0.1, 0.15) is 38.0 Å². The second-order valence-electron chi connectivity index (χ2n) is 5.55. The maximum absolute atomic E-state index is 12.0.